The second-order valence-corrected chi connectivity index (χ2v) is 16.7. The summed E-state index contributed by atoms with van der Waals surface area (Å²) in [5.74, 6) is -4.46. The van der Waals surface area contributed by atoms with Gasteiger partial charge in [0, 0.05) is 42.0 Å². The number of nitrogens with zero attached hydrogens (tertiary/aromatic N) is 4. The predicted molar refractivity (Wildman–Crippen MR) is 226 cm³/mol. The lowest BCUT2D eigenvalue weighted by atomic mass is 9.81. The number of carbonyl (C=O) groups is 6. The van der Waals surface area contributed by atoms with E-state index in [4.69, 9.17) is 20.2 Å². The van der Waals surface area contributed by atoms with E-state index < -0.39 is 89.2 Å². The van der Waals surface area contributed by atoms with Crippen LogP contribution in [0.15, 0.2) is 41.5 Å². The number of carbonyl (C=O) groups excluding carboxylic acids is 6. The molecule has 332 valence electrons. The third-order valence-corrected chi connectivity index (χ3v) is 12.3. The summed E-state index contributed by atoms with van der Waals surface area (Å²) in [6.45, 7) is 9.72. The van der Waals surface area contributed by atoms with Crippen LogP contribution in [-0.4, -0.2) is 86.2 Å². The Kier molecular flexibility index (Phi) is 12.2. The number of likely N-dealkylation sites (N-methyl/N-ethyl adjacent to an activating group) is 1. The number of fused-ring (bicyclic) bond motifs is 5. The molecule has 5 heterocycles. The van der Waals surface area contributed by atoms with Crippen molar-refractivity contribution in [2.75, 3.05) is 7.05 Å². The van der Waals surface area contributed by atoms with Crippen LogP contribution < -0.4 is 27.2 Å². The Hall–Kier alpha value is -6.56. The molecule has 18 heteroatoms. The monoisotopic (exact) mass is 866 g/mol. The third kappa shape index (κ3) is 8.14. The largest absolute Gasteiger partial charge is 0.458 e. The molecule has 1 aliphatic carbocycles. The standard InChI is InChI=1S/C45H51FN8O9/c1-8-45(63-21(2)3)29-16-34-39-27(19-54(34)43(60)28(29)20-62-44(45)61)38-31(10-9-26-22(4)30(46)17-32(50-39)37(26)38)51-41(58)33(18-35(47)55)52-40(57)24(6)53(7)42(59)23(5)49-36(56)15-25-11-13-48-14-12-25/h11-14,16-17,21,23-24,31,33H,8-10,15,18-20H2,1-7H3,(H2,47,55)(H,49,56)(H,51,58)(H,52,57)/t23-,24-,31-,33-,45-/m0/s1. The Morgan fingerprint density at radius 3 is 2.43 bits per heavy atom. The summed E-state index contributed by atoms with van der Waals surface area (Å²) in [5.41, 5.74) is 8.34. The van der Waals surface area contributed by atoms with Gasteiger partial charge in [-0.2, -0.15) is 0 Å². The van der Waals surface area contributed by atoms with Gasteiger partial charge in [0.15, 0.2) is 5.60 Å². The van der Waals surface area contributed by atoms with Crippen LogP contribution in [0.25, 0.3) is 22.3 Å². The van der Waals surface area contributed by atoms with Gasteiger partial charge in [-0.05, 0) is 94.3 Å². The SMILES string of the molecule is CC[C@@]1(OC(C)C)C(=O)OCc2c1cc1n(c2=O)Cc2c-1nc1cc(F)c(C)c3c1c2[C@@H](NC(=O)[C@H](CC(N)=O)NC(=O)[C@H](C)N(C)C(=O)[C@H](C)NC(=O)Cc1ccncc1)CC3. The van der Waals surface area contributed by atoms with Crippen LogP contribution in [0.4, 0.5) is 4.39 Å². The molecule has 2 aliphatic heterocycles. The van der Waals surface area contributed by atoms with Crippen LogP contribution in [0.5, 0.6) is 0 Å². The third-order valence-electron chi connectivity index (χ3n) is 12.3. The molecule has 5 amide bonds. The smallest absolute Gasteiger partial charge is 0.343 e. The molecule has 5 N–H and O–H groups in total. The van der Waals surface area contributed by atoms with Crippen molar-refractivity contribution in [1.29, 1.82) is 0 Å². The summed E-state index contributed by atoms with van der Waals surface area (Å²) in [5, 5.41) is 8.84. The molecule has 0 bridgehead atoms. The molecule has 1 aromatic carbocycles. The van der Waals surface area contributed by atoms with E-state index in [2.05, 4.69) is 20.9 Å². The van der Waals surface area contributed by atoms with E-state index in [0.29, 0.717) is 62.1 Å². The van der Waals surface area contributed by atoms with Crippen molar-refractivity contribution in [2.24, 2.45) is 5.73 Å². The van der Waals surface area contributed by atoms with E-state index in [1.54, 1.807) is 58.3 Å². The van der Waals surface area contributed by atoms with E-state index in [-0.39, 0.29) is 38.0 Å². The first kappa shape index (κ1) is 44.5. The maximum atomic E-state index is 15.5. The minimum atomic E-state index is -1.55. The van der Waals surface area contributed by atoms with Crippen molar-refractivity contribution in [3.8, 4) is 11.4 Å². The van der Waals surface area contributed by atoms with Gasteiger partial charge in [0.1, 0.15) is 30.5 Å². The van der Waals surface area contributed by atoms with Crippen LogP contribution in [0.2, 0.25) is 0 Å². The average Bonchev–Trinajstić information content (AvgIpc) is 3.61. The molecule has 4 aromatic rings. The number of nitrogens with one attached hydrogen (secondary N) is 3. The van der Waals surface area contributed by atoms with Crippen molar-refractivity contribution in [3.63, 3.8) is 0 Å². The molecular formula is C45H51FN8O9. The number of hydrogen-bond donors (Lipinski definition) is 4. The molecule has 3 aliphatic rings. The Bertz CT molecular complexity index is 2630. The second kappa shape index (κ2) is 17.3. The molecule has 0 spiro atoms. The Balaban J connectivity index is 1.18. The van der Waals surface area contributed by atoms with Gasteiger partial charge in [-0.1, -0.05) is 6.92 Å². The first-order valence-electron chi connectivity index (χ1n) is 21.0. The van der Waals surface area contributed by atoms with Crippen molar-refractivity contribution in [2.45, 2.75) is 123 Å². The summed E-state index contributed by atoms with van der Waals surface area (Å²) in [6.07, 6.45) is 2.96. The van der Waals surface area contributed by atoms with Crippen LogP contribution in [0, 0.1) is 12.7 Å². The van der Waals surface area contributed by atoms with Crippen molar-refractivity contribution in [3.05, 3.63) is 91.8 Å². The number of ether oxygens (including phenoxy) is 2. The Labute approximate surface area is 362 Å². The molecule has 0 unspecified atom stereocenters. The fraction of sp³-hybridized carbons (Fsp3) is 0.444. The lowest BCUT2D eigenvalue weighted by Crippen LogP contribution is -2.56. The number of nitrogens with two attached hydrogens (primary N) is 1. The number of amides is 5. The number of pyridine rings is 3. The van der Waals surface area contributed by atoms with E-state index in [1.165, 1.54) is 31.5 Å². The number of aromatic nitrogens is 3. The van der Waals surface area contributed by atoms with Gasteiger partial charge in [-0.25, -0.2) is 14.2 Å². The lowest BCUT2D eigenvalue weighted by Gasteiger charge is -2.37. The van der Waals surface area contributed by atoms with Gasteiger partial charge in [-0.3, -0.25) is 33.8 Å². The summed E-state index contributed by atoms with van der Waals surface area (Å²) in [4.78, 5) is 104. The van der Waals surface area contributed by atoms with Crippen molar-refractivity contribution >= 4 is 46.4 Å². The van der Waals surface area contributed by atoms with Crippen LogP contribution in [-0.2, 0) is 69.8 Å². The minimum absolute atomic E-state index is 0.0130. The molecule has 63 heavy (non-hydrogen) atoms. The zero-order valence-electron chi connectivity index (χ0n) is 36.2. The van der Waals surface area contributed by atoms with Crippen LogP contribution in [0.3, 0.4) is 0 Å². The van der Waals surface area contributed by atoms with E-state index >= 15 is 4.39 Å². The maximum Gasteiger partial charge on any atom is 0.343 e. The van der Waals surface area contributed by atoms with Gasteiger partial charge in [0.25, 0.3) is 5.56 Å². The van der Waals surface area contributed by atoms with Gasteiger partial charge >= 0.3 is 5.97 Å². The maximum absolute atomic E-state index is 15.5. The first-order chi connectivity index (χ1) is 29.9. The van der Waals surface area contributed by atoms with Crippen molar-refractivity contribution < 1.29 is 42.6 Å². The quantitative estimate of drug-likeness (QED) is 0.118. The minimum Gasteiger partial charge on any atom is -0.458 e. The fourth-order valence-electron chi connectivity index (χ4n) is 8.97. The van der Waals surface area contributed by atoms with Gasteiger partial charge in [-0.15, -0.1) is 0 Å². The normalized spacial score (nSPS) is 18.6. The van der Waals surface area contributed by atoms with E-state index in [9.17, 15) is 33.6 Å². The summed E-state index contributed by atoms with van der Waals surface area (Å²) in [6, 6.07) is 2.02. The topological polar surface area (TPSA) is 234 Å². The molecule has 0 fully saturated rings. The summed E-state index contributed by atoms with van der Waals surface area (Å²) in [7, 11) is 1.38. The summed E-state index contributed by atoms with van der Waals surface area (Å²) < 4.78 is 28.8. The Morgan fingerprint density at radius 1 is 1.05 bits per heavy atom. The number of hydrogen-bond acceptors (Lipinski definition) is 11. The predicted octanol–water partition coefficient (Wildman–Crippen LogP) is 2.41. The first-order valence-corrected chi connectivity index (χ1v) is 21.0. The second-order valence-electron chi connectivity index (χ2n) is 16.7. The molecular weight excluding hydrogens is 816 g/mol. The van der Waals surface area contributed by atoms with Gasteiger partial charge in [0.05, 0.1) is 54.0 Å². The van der Waals surface area contributed by atoms with Crippen LogP contribution >= 0.6 is 0 Å². The molecule has 0 radical (unpaired) electrons. The van der Waals surface area contributed by atoms with Gasteiger partial charge < -0.3 is 40.6 Å². The zero-order chi connectivity index (χ0) is 45.7. The number of aryl methyl sites for hydroxylation is 1. The van der Waals surface area contributed by atoms with Crippen molar-refractivity contribution in [1.82, 2.24) is 35.4 Å². The molecule has 5 atom stereocenters. The fourth-order valence-corrected chi connectivity index (χ4v) is 8.97. The van der Waals surface area contributed by atoms with Gasteiger partial charge in [0.2, 0.25) is 29.5 Å². The number of halogens is 1. The number of benzene rings is 1. The molecule has 17 nitrogen and oxygen atoms in total. The number of esters is 1. The highest BCUT2D eigenvalue weighted by molar-refractivity contribution is 5.97. The molecule has 3 aromatic heterocycles. The van der Waals surface area contributed by atoms with E-state index in [0.717, 1.165) is 4.90 Å². The highest BCUT2D eigenvalue weighted by Gasteiger charge is 2.49. The van der Waals surface area contributed by atoms with E-state index in [1.807, 2.05) is 0 Å². The molecule has 7 rings (SSSR count). The molecule has 0 saturated heterocycles. The summed E-state index contributed by atoms with van der Waals surface area (Å²) >= 11 is 0. The number of cyclic esters (lactones) is 1. The zero-order valence-corrected chi connectivity index (χ0v) is 36.2. The lowest BCUT2D eigenvalue weighted by molar-refractivity contribution is -0.187. The number of primary amides is 1. The molecule has 0 saturated carbocycles. The average molecular weight is 867 g/mol. The Morgan fingerprint density at radius 2 is 1.76 bits per heavy atom. The number of rotatable bonds is 14. The van der Waals surface area contributed by atoms with Crippen LogP contribution in [0.1, 0.15) is 98.9 Å². The highest BCUT2D eigenvalue weighted by atomic mass is 19.1. The highest BCUT2D eigenvalue weighted by Crippen LogP contribution is 2.46.